The summed E-state index contributed by atoms with van der Waals surface area (Å²) in [7, 11) is 0. The zero-order valence-corrected chi connectivity index (χ0v) is 16.7. The maximum atomic E-state index is 14.7. The normalized spacial score (nSPS) is 10.9. The quantitative estimate of drug-likeness (QED) is 0.387. The highest BCUT2D eigenvalue weighted by Crippen LogP contribution is 2.30. The highest BCUT2D eigenvalue weighted by molar-refractivity contribution is 5.67. The molecule has 0 fully saturated rings. The van der Waals surface area contributed by atoms with Crippen LogP contribution < -0.4 is 5.32 Å². The van der Waals surface area contributed by atoms with Crippen LogP contribution in [0.25, 0.3) is 28.2 Å². The minimum absolute atomic E-state index is 0.303. The Kier molecular flexibility index (Phi) is 5.17. The highest BCUT2D eigenvalue weighted by atomic mass is 19.1. The fourth-order valence-corrected chi connectivity index (χ4v) is 3.44. The summed E-state index contributed by atoms with van der Waals surface area (Å²) >= 11 is 0. The van der Waals surface area contributed by atoms with Gasteiger partial charge in [0.1, 0.15) is 17.9 Å². The molecular weight excluding hydrogens is 412 g/mol. The third-order valence-corrected chi connectivity index (χ3v) is 5.00. The van der Waals surface area contributed by atoms with E-state index in [4.69, 9.17) is 4.52 Å². The Bertz CT molecular complexity index is 1330. The van der Waals surface area contributed by atoms with E-state index in [0.717, 1.165) is 11.1 Å². The third kappa shape index (κ3) is 3.85. The van der Waals surface area contributed by atoms with Crippen molar-refractivity contribution in [1.29, 1.82) is 0 Å². The second kappa shape index (κ2) is 8.43. The van der Waals surface area contributed by atoms with Gasteiger partial charge in [-0.1, -0.05) is 17.3 Å². The van der Waals surface area contributed by atoms with E-state index >= 15 is 0 Å². The van der Waals surface area contributed by atoms with Crippen LogP contribution in [-0.4, -0.2) is 19.9 Å². The summed E-state index contributed by atoms with van der Waals surface area (Å²) in [6.45, 7) is 0.372. The number of halogens is 2. The van der Waals surface area contributed by atoms with Crippen molar-refractivity contribution in [2.75, 3.05) is 5.32 Å². The molecule has 6 nitrogen and oxygen atoms in total. The van der Waals surface area contributed by atoms with E-state index in [-0.39, 0.29) is 11.6 Å². The van der Waals surface area contributed by atoms with Crippen molar-refractivity contribution in [3.05, 3.63) is 103 Å². The summed E-state index contributed by atoms with van der Waals surface area (Å²) in [5.41, 5.74) is 3.97. The van der Waals surface area contributed by atoms with Crippen molar-refractivity contribution in [3.8, 4) is 28.2 Å². The van der Waals surface area contributed by atoms with Crippen LogP contribution in [-0.2, 0) is 6.54 Å². The first-order valence-electron chi connectivity index (χ1n) is 9.87. The van der Waals surface area contributed by atoms with E-state index in [1.807, 2.05) is 12.1 Å². The predicted octanol–water partition coefficient (Wildman–Crippen LogP) is 5.48. The molecule has 1 N–H and O–H groups in total. The molecule has 2 aromatic carbocycles. The lowest BCUT2D eigenvalue weighted by molar-refractivity contribution is 0.422. The Morgan fingerprint density at radius 2 is 1.75 bits per heavy atom. The predicted molar refractivity (Wildman–Crippen MR) is 116 cm³/mol. The summed E-state index contributed by atoms with van der Waals surface area (Å²) in [4.78, 5) is 4.49. The molecule has 0 amide bonds. The first-order chi connectivity index (χ1) is 15.7. The molecular formula is C24H17F2N5O. The molecule has 5 rings (SSSR count). The monoisotopic (exact) mass is 429 g/mol. The number of nitrogens with zero attached hydrogens (tertiary/aromatic N) is 4. The van der Waals surface area contributed by atoms with Crippen LogP contribution >= 0.6 is 0 Å². The van der Waals surface area contributed by atoms with Gasteiger partial charge in [0.15, 0.2) is 5.82 Å². The van der Waals surface area contributed by atoms with Gasteiger partial charge in [0.25, 0.3) is 0 Å². The Hall–Kier alpha value is -4.33. The van der Waals surface area contributed by atoms with Crippen molar-refractivity contribution >= 4 is 5.82 Å². The van der Waals surface area contributed by atoms with Gasteiger partial charge < -0.3 is 9.84 Å². The van der Waals surface area contributed by atoms with Gasteiger partial charge in [0.2, 0.25) is 0 Å². The van der Waals surface area contributed by atoms with Crippen molar-refractivity contribution in [1.82, 2.24) is 19.9 Å². The van der Waals surface area contributed by atoms with Crippen molar-refractivity contribution in [3.63, 3.8) is 0 Å². The van der Waals surface area contributed by atoms with E-state index in [1.54, 1.807) is 53.5 Å². The number of anilines is 1. The lowest BCUT2D eigenvalue weighted by Crippen LogP contribution is -2.05. The SMILES string of the molecule is Fc1ccc(-c2ccc(-n3ncc(CNc4ccon4)c3-c3ccccc3F)cn2)cc1. The number of benzene rings is 2. The van der Waals surface area contributed by atoms with Crippen LogP contribution in [0.2, 0.25) is 0 Å². The standard InChI is InChI=1S/C24H17F2N5O/c25-18-7-5-16(6-8-18)22-10-9-19(15-27-22)31-24(20-3-1-2-4-21(20)26)17(14-29-31)13-28-23-11-12-32-30-23/h1-12,14-15H,13H2,(H,28,30). The molecule has 0 atom stereocenters. The van der Waals surface area contributed by atoms with E-state index < -0.39 is 0 Å². The van der Waals surface area contributed by atoms with E-state index in [9.17, 15) is 8.78 Å². The molecule has 3 aromatic heterocycles. The second-order valence-corrected chi connectivity index (χ2v) is 7.06. The number of pyridine rings is 1. The number of rotatable bonds is 6. The Labute approximate surface area is 182 Å². The van der Waals surface area contributed by atoms with Gasteiger partial charge in [-0.15, -0.1) is 0 Å². The molecule has 0 radical (unpaired) electrons. The average molecular weight is 429 g/mol. The Morgan fingerprint density at radius 1 is 0.906 bits per heavy atom. The molecule has 0 aliphatic carbocycles. The number of aromatic nitrogens is 4. The molecule has 0 saturated carbocycles. The lowest BCUT2D eigenvalue weighted by Gasteiger charge is -2.12. The molecule has 8 heteroatoms. The molecule has 0 unspecified atom stereocenters. The van der Waals surface area contributed by atoms with Crippen LogP contribution in [0.1, 0.15) is 5.56 Å². The summed E-state index contributed by atoms with van der Waals surface area (Å²) < 4.78 is 34.4. The Morgan fingerprint density at radius 3 is 2.47 bits per heavy atom. The maximum absolute atomic E-state index is 14.7. The van der Waals surface area contributed by atoms with Gasteiger partial charge in [-0.3, -0.25) is 4.98 Å². The maximum Gasteiger partial charge on any atom is 0.169 e. The topological polar surface area (TPSA) is 68.8 Å². The second-order valence-electron chi connectivity index (χ2n) is 7.06. The van der Waals surface area contributed by atoms with Gasteiger partial charge >= 0.3 is 0 Å². The third-order valence-electron chi connectivity index (χ3n) is 5.00. The van der Waals surface area contributed by atoms with Gasteiger partial charge in [0, 0.05) is 29.3 Å². The minimum atomic E-state index is -0.354. The smallest absolute Gasteiger partial charge is 0.169 e. The van der Waals surface area contributed by atoms with Crippen molar-refractivity contribution in [2.45, 2.75) is 6.54 Å². The first-order valence-corrected chi connectivity index (χ1v) is 9.87. The van der Waals surface area contributed by atoms with E-state index in [2.05, 4.69) is 20.6 Å². The number of hydrogen-bond donors (Lipinski definition) is 1. The van der Waals surface area contributed by atoms with Gasteiger partial charge in [0.05, 0.1) is 29.5 Å². The Balaban J connectivity index is 1.53. The van der Waals surface area contributed by atoms with Crippen LogP contribution in [0.5, 0.6) is 0 Å². The zero-order chi connectivity index (χ0) is 21.9. The van der Waals surface area contributed by atoms with E-state index in [0.29, 0.717) is 35.0 Å². The van der Waals surface area contributed by atoms with Crippen molar-refractivity contribution < 1.29 is 13.3 Å². The highest BCUT2D eigenvalue weighted by Gasteiger charge is 2.18. The minimum Gasteiger partial charge on any atom is -0.363 e. The van der Waals surface area contributed by atoms with Crippen LogP contribution in [0.3, 0.4) is 0 Å². The molecule has 0 aliphatic heterocycles. The van der Waals surface area contributed by atoms with Gasteiger partial charge in [-0.05, 0) is 48.5 Å². The fraction of sp³-hybridized carbons (Fsp3) is 0.0417. The summed E-state index contributed by atoms with van der Waals surface area (Å²) in [6.07, 6.45) is 4.81. The van der Waals surface area contributed by atoms with Crippen LogP contribution in [0.15, 0.2) is 89.9 Å². The molecule has 32 heavy (non-hydrogen) atoms. The molecule has 0 bridgehead atoms. The van der Waals surface area contributed by atoms with Crippen LogP contribution in [0.4, 0.5) is 14.6 Å². The largest absolute Gasteiger partial charge is 0.363 e. The molecule has 158 valence electrons. The summed E-state index contributed by atoms with van der Waals surface area (Å²) in [5, 5.41) is 11.5. The average Bonchev–Trinajstić information content (AvgIpc) is 3.49. The first kappa shape index (κ1) is 19.6. The molecule has 5 aromatic rings. The number of nitrogens with one attached hydrogen (secondary N) is 1. The van der Waals surface area contributed by atoms with Crippen molar-refractivity contribution in [2.24, 2.45) is 0 Å². The number of hydrogen-bond acceptors (Lipinski definition) is 5. The molecule has 3 heterocycles. The fourth-order valence-electron chi connectivity index (χ4n) is 3.44. The van der Waals surface area contributed by atoms with Gasteiger partial charge in [-0.2, -0.15) is 5.10 Å². The van der Waals surface area contributed by atoms with Gasteiger partial charge in [-0.25, -0.2) is 13.5 Å². The summed E-state index contributed by atoms with van der Waals surface area (Å²) in [5.74, 6) is -0.0846. The molecule has 0 aliphatic rings. The zero-order valence-electron chi connectivity index (χ0n) is 16.7. The summed E-state index contributed by atoms with van der Waals surface area (Å²) in [6, 6.07) is 18.0. The van der Waals surface area contributed by atoms with Crippen LogP contribution in [0, 0.1) is 11.6 Å². The molecule has 0 saturated heterocycles. The molecule has 0 spiro atoms. The van der Waals surface area contributed by atoms with E-state index in [1.165, 1.54) is 24.5 Å². The lowest BCUT2D eigenvalue weighted by atomic mass is 10.1.